The van der Waals surface area contributed by atoms with Gasteiger partial charge in [-0.25, -0.2) is 4.68 Å². The Hall–Kier alpha value is -1.36. The predicted octanol–water partition coefficient (Wildman–Crippen LogP) is 2.38. The van der Waals surface area contributed by atoms with Gasteiger partial charge in [-0.15, -0.1) is 12.4 Å². The molecule has 0 spiro atoms. The van der Waals surface area contributed by atoms with E-state index in [0.717, 1.165) is 25.3 Å². The number of nitrogens with zero attached hydrogens (tertiary/aromatic N) is 3. The Morgan fingerprint density at radius 3 is 2.67 bits per heavy atom. The Morgan fingerprint density at radius 2 is 2.00 bits per heavy atom. The Balaban J connectivity index is 0.00000161. The molecule has 2 atom stereocenters. The molecule has 21 heavy (non-hydrogen) atoms. The molecule has 2 aromatic rings. The summed E-state index contributed by atoms with van der Waals surface area (Å²) in [5.41, 5.74) is 9.73. The topological polar surface area (TPSA) is 47.1 Å². The van der Waals surface area contributed by atoms with Crippen LogP contribution in [0.3, 0.4) is 0 Å². The molecule has 2 unspecified atom stereocenters. The minimum atomic E-state index is 0. The van der Waals surface area contributed by atoms with Gasteiger partial charge in [0.2, 0.25) is 0 Å². The van der Waals surface area contributed by atoms with Gasteiger partial charge in [0.05, 0.1) is 11.4 Å². The molecule has 3 rings (SSSR count). The first-order valence-electron chi connectivity index (χ1n) is 7.22. The lowest BCUT2D eigenvalue weighted by molar-refractivity contribution is 0.312. The first-order chi connectivity index (χ1) is 9.65. The largest absolute Gasteiger partial charge is 0.326 e. The van der Waals surface area contributed by atoms with Crippen LogP contribution in [0.2, 0.25) is 0 Å². The van der Waals surface area contributed by atoms with Crippen molar-refractivity contribution in [3.8, 4) is 5.69 Å². The third-order valence-electron chi connectivity index (χ3n) is 4.20. The highest BCUT2D eigenvalue weighted by atomic mass is 35.5. The summed E-state index contributed by atoms with van der Waals surface area (Å²) in [6.07, 6.45) is 1.88. The number of halogens is 1. The van der Waals surface area contributed by atoms with E-state index in [4.69, 9.17) is 5.73 Å². The van der Waals surface area contributed by atoms with Gasteiger partial charge >= 0.3 is 0 Å². The molecule has 1 saturated heterocycles. The summed E-state index contributed by atoms with van der Waals surface area (Å²) in [7, 11) is 0. The lowest BCUT2D eigenvalue weighted by Crippen LogP contribution is -2.28. The fourth-order valence-corrected chi connectivity index (χ4v) is 2.92. The molecule has 1 fully saturated rings. The molecule has 2 N–H and O–H groups in total. The molecule has 1 aliphatic heterocycles. The van der Waals surface area contributed by atoms with E-state index in [-0.39, 0.29) is 12.4 Å². The van der Waals surface area contributed by atoms with Crippen LogP contribution >= 0.6 is 12.4 Å². The number of rotatable bonds is 3. The monoisotopic (exact) mass is 306 g/mol. The van der Waals surface area contributed by atoms with E-state index < -0.39 is 0 Å². The number of hydrogen-bond donors (Lipinski definition) is 1. The number of benzene rings is 1. The molecule has 0 aliphatic carbocycles. The van der Waals surface area contributed by atoms with Crippen LogP contribution in [0.1, 0.15) is 18.2 Å². The van der Waals surface area contributed by atoms with Crippen molar-refractivity contribution >= 4 is 12.4 Å². The van der Waals surface area contributed by atoms with Crippen molar-refractivity contribution in [3.05, 3.63) is 47.8 Å². The van der Waals surface area contributed by atoms with Gasteiger partial charge in [-0.1, -0.05) is 25.1 Å². The van der Waals surface area contributed by atoms with Gasteiger partial charge in [-0.2, -0.15) is 5.10 Å². The Labute approximate surface area is 132 Å². The molecule has 1 aromatic carbocycles. The quantitative estimate of drug-likeness (QED) is 0.947. The summed E-state index contributed by atoms with van der Waals surface area (Å²) < 4.78 is 2.05. The zero-order valence-electron chi connectivity index (χ0n) is 12.6. The lowest BCUT2D eigenvalue weighted by Gasteiger charge is -2.17. The maximum Gasteiger partial charge on any atom is 0.0678 e. The average Bonchev–Trinajstić information content (AvgIpc) is 2.98. The summed E-state index contributed by atoms with van der Waals surface area (Å²) in [5, 5.41) is 4.49. The number of aromatic nitrogens is 2. The number of aryl methyl sites for hydroxylation is 1. The normalized spacial score (nSPS) is 22.2. The van der Waals surface area contributed by atoms with Crippen LogP contribution in [0.5, 0.6) is 0 Å². The number of hydrogen-bond acceptors (Lipinski definition) is 3. The van der Waals surface area contributed by atoms with Crippen LogP contribution < -0.4 is 5.73 Å². The molecule has 1 aliphatic rings. The summed E-state index contributed by atoms with van der Waals surface area (Å²) in [5.74, 6) is 0.574. The van der Waals surface area contributed by atoms with Gasteiger partial charge in [-0.05, 0) is 30.5 Å². The van der Waals surface area contributed by atoms with E-state index in [9.17, 15) is 0 Å². The molecule has 5 heteroatoms. The maximum absolute atomic E-state index is 6.11. The number of nitrogens with two attached hydrogens (primary N) is 1. The standard InChI is InChI=1S/C16H22N4.ClH/c1-12-5-3-4-6-16(12)20-14(7-8-18-20)10-19-9-13(2)15(17)11-19;/h3-8,13,15H,9-11,17H2,1-2H3;1H. The summed E-state index contributed by atoms with van der Waals surface area (Å²) in [6.45, 7) is 7.30. The molecule has 0 bridgehead atoms. The Kier molecular flexibility index (Phi) is 5.04. The van der Waals surface area contributed by atoms with Gasteiger partial charge in [0.15, 0.2) is 0 Å². The molecule has 0 radical (unpaired) electrons. The molecule has 0 saturated carbocycles. The van der Waals surface area contributed by atoms with Crippen molar-refractivity contribution in [2.45, 2.75) is 26.4 Å². The van der Waals surface area contributed by atoms with Gasteiger partial charge in [0, 0.05) is 31.9 Å². The second kappa shape index (κ2) is 6.60. The van der Waals surface area contributed by atoms with E-state index >= 15 is 0 Å². The molecule has 2 heterocycles. The van der Waals surface area contributed by atoms with Crippen LogP contribution in [0, 0.1) is 12.8 Å². The van der Waals surface area contributed by atoms with Crippen molar-refractivity contribution in [3.63, 3.8) is 0 Å². The number of likely N-dealkylation sites (tertiary alicyclic amines) is 1. The molecular weight excluding hydrogens is 284 g/mol. The second-order valence-corrected chi connectivity index (χ2v) is 5.86. The minimum Gasteiger partial charge on any atom is -0.326 e. The van der Waals surface area contributed by atoms with Crippen LogP contribution in [0.4, 0.5) is 0 Å². The van der Waals surface area contributed by atoms with Crippen molar-refractivity contribution < 1.29 is 0 Å². The average molecular weight is 307 g/mol. The van der Waals surface area contributed by atoms with Crippen LogP contribution in [-0.4, -0.2) is 33.8 Å². The fraction of sp³-hybridized carbons (Fsp3) is 0.438. The van der Waals surface area contributed by atoms with Crippen LogP contribution in [0.15, 0.2) is 36.5 Å². The Morgan fingerprint density at radius 1 is 1.24 bits per heavy atom. The van der Waals surface area contributed by atoms with Crippen molar-refractivity contribution in [2.24, 2.45) is 11.7 Å². The third kappa shape index (κ3) is 3.28. The van der Waals surface area contributed by atoms with E-state index in [1.165, 1.54) is 11.3 Å². The molecule has 0 amide bonds. The first-order valence-corrected chi connectivity index (χ1v) is 7.22. The fourth-order valence-electron chi connectivity index (χ4n) is 2.92. The van der Waals surface area contributed by atoms with Gasteiger partial charge in [0.25, 0.3) is 0 Å². The minimum absolute atomic E-state index is 0. The maximum atomic E-state index is 6.11. The SMILES string of the molecule is Cc1ccccc1-n1nccc1CN1CC(C)C(N)C1.Cl. The zero-order valence-corrected chi connectivity index (χ0v) is 13.4. The van der Waals surface area contributed by atoms with Crippen molar-refractivity contribution in [1.29, 1.82) is 0 Å². The van der Waals surface area contributed by atoms with Gasteiger partial charge < -0.3 is 5.73 Å². The van der Waals surface area contributed by atoms with Crippen molar-refractivity contribution in [1.82, 2.24) is 14.7 Å². The van der Waals surface area contributed by atoms with E-state index in [0.29, 0.717) is 12.0 Å². The highest BCUT2D eigenvalue weighted by Crippen LogP contribution is 2.20. The third-order valence-corrected chi connectivity index (χ3v) is 4.20. The molecular formula is C16H23ClN4. The van der Waals surface area contributed by atoms with Gasteiger partial charge in [0.1, 0.15) is 0 Å². The summed E-state index contributed by atoms with van der Waals surface area (Å²) in [6, 6.07) is 10.7. The van der Waals surface area contributed by atoms with Gasteiger partial charge in [-0.3, -0.25) is 4.90 Å². The highest BCUT2D eigenvalue weighted by molar-refractivity contribution is 5.85. The van der Waals surface area contributed by atoms with Crippen LogP contribution in [0.25, 0.3) is 5.69 Å². The van der Waals surface area contributed by atoms with E-state index in [2.05, 4.69) is 54.2 Å². The second-order valence-electron chi connectivity index (χ2n) is 5.86. The molecule has 114 valence electrons. The van der Waals surface area contributed by atoms with Crippen molar-refractivity contribution in [2.75, 3.05) is 13.1 Å². The zero-order chi connectivity index (χ0) is 14.1. The van der Waals surface area contributed by atoms with Crippen LogP contribution in [-0.2, 0) is 6.54 Å². The summed E-state index contributed by atoms with van der Waals surface area (Å²) in [4.78, 5) is 2.42. The smallest absolute Gasteiger partial charge is 0.0678 e. The lowest BCUT2D eigenvalue weighted by atomic mass is 10.1. The van der Waals surface area contributed by atoms with E-state index in [1.54, 1.807) is 0 Å². The Bertz CT molecular complexity index is 585. The first kappa shape index (κ1) is 16.0. The predicted molar refractivity (Wildman–Crippen MR) is 88.0 cm³/mol. The highest BCUT2D eigenvalue weighted by Gasteiger charge is 2.27. The summed E-state index contributed by atoms with van der Waals surface area (Å²) >= 11 is 0. The molecule has 1 aromatic heterocycles. The number of para-hydroxylation sites is 1. The molecule has 4 nitrogen and oxygen atoms in total. The van der Waals surface area contributed by atoms with E-state index in [1.807, 2.05) is 10.9 Å².